The third kappa shape index (κ3) is 6.65. The van der Waals surface area contributed by atoms with Gasteiger partial charge in [-0.3, -0.25) is 9.59 Å². The van der Waals surface area contributed by atoms with Crippen molar-refractivity contribution >= 4 is 23.7 Å². The van der Waals surface area contributed by atoms with Crippen molar-refractivity contribution in [2.24, 2.45) is 11.0 Å². The summed E-state index contributed by atoms with van der Waals surface area (Å²) in [4.78, 5) is 24.5. The summed E-state index contributed by atoms with van der Waals surface area (Å²) in [6, 6.07) is 19.0. The molecule has 0 aliphatic heterocycles. The van der Waals surface area contributed by atoms with E-state index in [-0.39, 0.29) is 5.69 Å². The van der Waals surface area contributed by atoms with Crippen molar-refractivity contribution in [3.63, 3.8) is 0 Å². The summed E-state index contributed by atoms with van der Waals surface area (Å²) in [6.45, 7) is 3.83. The first-order chi connectivity index (χ1) is 16.4. The van der Waals surface area contributed by atoms with Crippen LogP contribution in [0.5, 0.6) is 11.5 Å². The van der Waals surface area contributed by atoms with Gasteiger partial charge in [0.05, 0.1) is 19.0 Å². The maximum absolute atomic E-state index is 13.7. The van der Waals surface area contributed by atoms with Crippen molar-refractivity contribution in [2.45, 2.75) is 20.5 Å². The highest BCUT2D eigenvalue weighted by Gasteiger charge is 2.22. The second-order valence-corrected chi connectivity index (χ2v) is 7.61. The van der Waals surface area contributed by atoms with Crippen LogP contribution >= 0.6 is 0 Å². The number of aryl methyl sites for hydroxylation is 1. The fourth-order valence-corrected chi connectivity index (χ4v) is 2.92. The first-order valence-electron chi connectivity index (χ1n) is 10.6. The smallest absolute Gasteiger partial charge is 0.252 e. The average molecular weight is 464 g/mol. The number of hydrazone groups is 1. The molecule has 3 rings (SSSR count). The van der Waals surface area contributed by atoms with Crippen molar-refractivity contribution in [2.75, 3.05) is 12.4 Å². The molecule has 3 aromatic carbocycles. The number of nitrogens with zero attached hydrogens (tertiary/aromatic N) is 1. The highest BCUT2D eigenvalue weighted by Crippen LogP contribution is 2.28. The van der Waals surface area contributed by atoms with Crippen molar-refractivity contribution in [3.05, 3.63) is 89.2 Å². The number of anilines is 1. The molecule has 0 radical (unpaired) electrons. The number of nitrogens with one attached hydrogen (secondary N) is 2. The zero-order valence-corrected chi connectivity index (χ0v) is 19.2. The Morgan fingerprint density at radius 3 is 2.47 bits per heavy atom. The molecule has 0 aliphatic rings. The summed E-state index contributed by atoms with van der Waals surface area (Å²) in [5.41, 5.74) is 5.20. The molecule has 1 unspecified atom stereocenters. The zero-order chi connectivity index (χ0) is 24.5. The van der Waals surface area contributed by atoms with Gasteiger partial charge in [-0.05, 0) is 55.3 Å². The van der Waals surface area contributed by atoms with Gasteiger partial charge in [-0.2, -0.15) is 5.10 Å². The molecule has 0 heterocycles. The van der Waals surface area contributed by atoms with Crippen LogP contribution in [0.15, 0.2) is 71.8 Å². The molecule has 0 saturated heterocycles. The van der Waals surface area contributed by atoms with E-state index in [1.54, 1.807) is 24.3 Å². The number of carbonyl (C=O) groups is 2. The fraction of sp³-hybridized carbons (Fsp3) is 0.192. The van der Waals surface area contributed by atoms with Crippen LogP contribution in [-0.4, -0.2) is 25.1 Å². The zero-order valence-electron chi connectivity index (χ0n) is 19.2. The molecule has 1 atom stereocenters. The van der Waals surface area contributed by atoms with E-state index in [4.69, 9.17) is 9.47 Å². The molecular weight excluding hydrogens is 437 g/mol. The topological polar surface area (TPSA) is 89.0 Å². The van der Waals surface area contributed by atoms with Gasteiger partial charge >= 0.3 is 0 Å². The maximum Gasteiger partial charge on any atom is 0.252 e. The molecule has 0 aromatic heterocycles. The molecule has 0 fully saturated rings. The Kier molecular flexibility index (Phi) is 8.34. The standard InChI is InChI=1S/C26H26FN3O4/c1-17-8-10-19(11-9-17)16-34-23-13-12-20(14-24(23)33-3)15-28-30-26(32)18(2)25(31)29-22-7-5-4-6-21(22)27/h4-15,18H,16H2,1-3H3,(H,29,31)(H,30,32). The van der Waals surface area contributed by atoms with Gasteiger partial charge in [-0.15, -0.1) is 0 Å². The number of methoxy groups -OCH3 is 1. The molecule has 0 spiro atoms. The minimum absolute atomic E-state index is 0.00688. The van der Waals surface area contributed by atoms with Crippen LogP contribution in [-0.2, 0) is 16.2 Å². The molecule has 2 amide bonds. The van der Waals surface area contributed by atoms with Gasteiger partial charge in [0.1, 0.15) is 18.3 Å². The van der Waals surface area contributed by atoms with Gasteiger partial charge in [0.15, 0.2) is 11.5 Å². The number of amides is 2. The van der Waals surface area contributed by atoms with Gasteiger partial charge in [-0.25, -0.2) is 9.82 Å². The van der Waals surface area contributed by atoms with E-state index in [2.05, 4.69) is 15.8 Å². The van der Waals surface area contributed by atoms with Crippen LogP contribution in [0.1, 0.15) is 23.6 Å². The monoisotopic (exact) mass is 463 g/mol. The van der Waals surface area contributed by atoms with E-state index in [0.717, 1.165) is 5.56 Å². The number of ether oxygens (including phenoxy) is 2. The number of hydrogen-bond donors (Lipinski definition) is 2. The number of halogens is 1. The van der Waals surface area contributed by atoms with Gasteiger partial charge in [-0.1, -0.05) is 42.0 Å². The number of rotatable bonds is 9. The summed E-state index contributed by atoms with van der Waals surface area (Å²) in [5.74, 6) is -1.85. The van der Waals surface area contributed by atoms with E-state index in [9.17, 15) is 14.0 Å². The average Bonchev–Trinajstić information content (AvgIpc) is 2.84. The summed E-state index contributed by atoms with van der Waals surface area (Å²) < 4.78 is 24.9. The Hall–Kier alpha value is -4.20. The largest absolute Gasteiger partial charge is 0.493 e. The van der Waals surface area contributed by atoms with Crippen LogP contribution in [0, 0.1) is 18.7 Å². The third-order valence-electron chi connectivity index (χ3n) is 5.01. The van der Waals surface area contributed by atoms with Crippen molar-refractivity contribution in [1.29, 1.82) is 0 Å². The van der Waals surface area contributed by atoms with Gasteiger partial charge in [0.25, 0.3) is 5.91 Å². The highest BCUT2D eigenvalue weighted by molar-refractivity contribution is 6.06. The summed E-state index contributed by atoms with van der Waals surface area (Å²) in [5, 5.41) is 6.29. The highest BCUT2D eigenvalue weighted by atomic mass is 19.1. The minimum atomic E-state index is -1.08. The van der Waals surface area contributed by atoms with Gasteiger partial charge in [0, 0.05) is 0 Å². The normalized spacial score (nSPS) is 11.6. The lowest BCUT2D eigenvalue weighted by Gasteiger charge is -2.12. The van der Waals surface area contributed by atoms with Crippen molar-refractivity contribution in [1.82, 2.24) is 5.43 Å². The Labute approximate surface area is 197 Å². The molecule has 0 saturated carbocycles. The van der Waals surface area contributed by atoms with E-state index in [0.29, 0.717) is 23.7 Å². The molecular formula is C26H26FN3O4. The van der Waals surface area contributed by atoms with Crippen LogP contribution in [0.25, 0.3) is 0 Å². The SMILES string of the molecule is COc1cc(C=NNC(=O)C(C)C(=O)Nc2ccccc2F)ccc1OCc1ccc(C)cc1. The second-order valence-electron chi connectivity index (χ2n) is 7.61. The lowest BCUT2D eigenvalue weighted by molar-refractivity contribution is -0.131. The predicted molar refractivity (Wildman–Crippen MR) is 128 cm³/mol. The molecule has 0 bridgehead atoms. The molecule has 7 nitrogen and oxygen atoms in total. The molecule has 2 N–H and O–H groups in total. The van der Waals surface area contributed by atoms with E-state index < -0.39 is 23.5 Å². The molecule has 34 heavy (non-hydrogen) atoms. The van der Waals surface area contributed by atoms with Crippen LogP contribution in [0.4, 0.5) is 10.1 Å². The first-order valence-corrected chi connectivity index (χ1v) is 10.6. The molecule has 8 heteroatoms. The maximum atomic E-state index is 13.7. The Morgan fingerprint density at radius 1 is 1.03 bits per heavy atom. The van der Waals surface area contributed by atoms with E-state index in [1.807, 2.05) is 31.2 Å². The van der Waals surface area contributed by atoms with E-state index >= 15 is 0 Å². The number of carbonyl (C=O) groups excluding carboxylic acids is 2. The van der Waals surface area contributed by atoms with Crippen molar-refractivity contribution in [3.8, 4) is 11.5 Å². The lowest BCUT2D eigenvalue weighted by Crippen LogP contribution is -2.34. The van der Waals surface area contributed by atoms with Crippen LogP contribution in [0.2, 0.25) is 0 Å². The molecule has 0 aliphatic carbocycles. The lowest BCUT2D eigenvalue weighted by atomic mass is 10.1. The van der Waals surface area contributed by atoms with E-state index in [1.165, 1.54) is 44.0 Å². The number of benzene rings is 3. The third-order valence-corrected chi connectivity index (χ3v) is 5.01. The number of hydrogen-bond acceptors (Lipinski definition) is 5. The molecule has 3 aromatic rings. The first kappa shape index (κ1) is 24.4. The summed E-state index contributed by atoms with van der Waals surface area (Å²) >= 11 is 0. The van der Waals surface area contributed by atoms with Crippen LogP contribution < -0.4 is 20.2 Å². The summed E-state index contributed by atoms with van der Waals surface area (Å²) in [7, 11) is 1.53. The Bertz CT molecular complexity index is 1180. The van der Waals surface area contributed by atoms with Crippen LogP contribution in [0.3, 0.4) is 0 Å². The second kappa shape index (κ2) is 11.6. The molecule has 176 valence electrons. The predicted octanol–water partition coefficient (Wildman–Crippen LogP) is 4.45. The Morgan fingerprint density at radius 2 is 1.76 bits per heavy atom. The number of para-hydroxylation sites is 1. The minimum Gasteiger partial charge on any atom is -0.493 e. The fourth-order valence-electron chi connectivity index (χ4n) is 2.92. The summed E-state index contributed by atoms with van der Waals surface area (Å²) in [6.07, 6.45) is 1.42. The Balaban J connectivity index is 1.55. The van der Waals surface area contributed by atoms with Crippen molar-refractivity contribution < 1.29 is 23.5 Å². The quantitative estimate of drug-likeness (QED) is 0.279. The van der Waals surface area contributed by atoms with Gasteiger partial charge < -0.3 is 14.8 Å². The van der Waals surface area contributed by atoms with Gasteiger partial charge in [0.2, 0.25) is 5.91 Å².